The van der Waals surface area contributed by atoms with Crippen molar-refractivity contribution in [3.8, 4) is 0 Å². The Hall–Kier alpha value is -1.76. The van der Waals surface area contributed by atoms with Crippen LogP contribution >= 0.6 is 23.2 Å². The molecule has 1 fully saturated rings. The van der Waals surface area contributed by atoms with Crippen LogP contribution in [0.1, 0.15) is 43.1 Å². The van der Waals surface area contributed by atoms with Gasteiger partial charge in [0.1, 0.15) is 0 Å². The number of amides is 1. The molecule has 178 valence electrons. The van der Waals surface area contributed by atoms with E-state index >= 15 is 0 Å². The molecule has 0 N–H and O–H groups in total. The highest BCUT2D eigenvalue weighted by Gasteiger charge is 2.52. The van der Waals surface area contributed by atoms with Gasteiger partial charge < -0.3 is 9.64 Å². The smallest absolute Gasteiger partial charge is 0.378 e. The van der Waals surface area contributed by atoms with Crippen molar-refractivity contribution in [3.63, 3.8) is 0 Å². The quantitative estimate of drug-likeness (QED) is 0.457. The highest BCUT2D eigenvalue weighted by atomic mass is 35.5. The minimum atomic E-state index is -4.33. The number of alkyl halides is 3. The van der Waals surface area contributed by atoms with Crippen LogP contribution in [0.4, 0.5) is 13.2 Å². The Morgan fingerprint density at radius 3 is 2.55 bits per heavy atom. The highest BCUT2D eigenvalue weighted by Crippen LogP contribution is 2.53. The number of hydrogen-bond donors (Lipinski definition) is 0. The Balaban J connectivity index is 1.62. The second-order valence-electron chi connectivity index (χ2n) is 9.27. The molecular formula is C25H26Cl2F3NO2. The molecule has 0 spiro atoms. The second-order valence-corrected chi connectivity index (χ2v) is 10.1. The van der Waals surface area contributed by atoms with Gasteiger partial charge in [0.25, 0.3) is 5.91 Å². The van der Waals surface area contributed by atoms with Gasteiger partial charge in [-0.2, -0.15) is 13.2 Å². The Morgan fingerprint density at radius 2 is 1.91 bits per heavy atom. The fraction of sp³-hybridized carbons (Fsp3) is 0.480. The molecule has 4 rings (SSSR count). The number of rotatable bonds is 3. The lowest BCUT2D eigenvalue weighted by atomic mass is 9.74. The van der Waals surface area contributed by atoms with Gasteiger partial charge in [-0.25, -0.2) is 0 Å². The number of carbonyl (C=O) groups is 1. The fourth-order valence-corrected chi connectivity index (χ4v) is 5.67. The lowest BCUT2D eigenvalue weighted by Gasteiger charge is -2.34. The molecule has 0 saturated carbocycles. The van der Waals surface area contributed by atoms with Crippen LogP contribution in [0.2, 0.25) is 10.0 Å². The third kappa shape index (κ3) is 4.38. The molecule has 8 heteroatoms. The van der Waals surface area contributed by atoms with E-state index in [1.54, 1.807) is 24.0 Å². The van der Waals surface area contributed by atoms with E-state index in [9.17, 15) is 18.0 Å². The lowest BCUT2D eigenvalue weighted by Crippen LogP contribution is -2.40. The second kappa shape index (κ2) is 8.79. The van der Waals surface area contributed by atoms with E-state index in [4.69, 9.17) is 27.9 Å². The number of hydrogen-bond acceptors (Lipinski definition) is 2. The number of ether oxygens (including phenoxy) is 1. The summed E-state index contributed by atoms with van der Waals surface area (Å²) in [7, 11) is 0. The Bertz CT molecular complexity index is 1080. The summed E-state index contributed by atoms with van der Waals surface area (Å²) in [5.41, 5.74) is 2.37. The number of carbonyl (C=O) groups excluding carboxylic acids is 1. The maximum Gasteiger partial charge on any atom is 0.397 e. The molecular weight excluding hydrogens is 474 g/mol. The van der Waals surface area contributed by atoms with E-state index in [-0.39, 0.29) is 18.2 Å². The monoisotopic (exact) mass is 499 g/mol. The summed E-state index contributed by atoms with van der Waals surface area (Å²) >= 11 is 13.2. The van der Waals surface area contributed by atoms with E-state index in [1.807, 2.05) is 13.0 Å². The van der Waals surface area contributed by atoms with Crippen LogP contribution in [-0.4, -0.2) is 43.3 Å². The average molecular weight is 500 g/mol. The molecule has 0 radical (unpaired) electrons. The summed E-state index contributed by atoms with van der Waals surface area (Å²) in [6.07, 6.45) is -0.835. The zero-order chi connectivity index (χ0) is 24.1. The van der Waals surface area contributed by atoms with Gasteiger partial charge in [-0.1, -0.05) is 53.4 Å². The van der Waals surface area contributed by atoms with Gasteiger partial charge in [0.15, 0.2) is 0 Å². The number of nitrogens with zero attached hydrogens (tertiary/aromatic N) is 1. The molecule has 1 amide bonds. The zero-order valence-corrected chi connectivity index (χ0v) is 20.3. The van der Waals surface area contributed by atoms with Crippen molar-refractivity contribution >= 4 is 29.1 Å². The van der Waals surface area contributed by atoms with Gasteiger partial charge in [-0.3, -0.25) is 4.79 Å². The summed E-state index contributed by atoms with van der Waals surface area (Å²) in [4.78, 5) is 14.7. The summed E-state index contributed by atoms with van der Waals surface area (Å²) in [5, 5.41) is 0.730. The molecule has 2 atom stereocenters. The van der Waals surface area contributed by atoms with Crippen molar-refractivity contribution in [2.75, 3.05) is 26.3 Å². The van der Waals surface area contributed by atoms with Crippen LogP contribution in [-0.2, 0) is 11.2 Å². The van der Waals surface area contributed by atoms with Crippen LogP contribution in [0.5, 0.6) is 0 Å². The predicted octanol–water partition coefficient (Wildman–Crippen LogP) is 6.80. The van der Waals surface area contributed by atoms with Crippen molar-refractivity contribution in [1.82, 2.24) is 4.90 Å². The topological polar surface area (TPSA) is 29.5 Å². The van der Waals surface area contributed by atoms with E-state index < -0.39 is 11.6 Å². The largest absolute Gasteiger partial charge is 0.397 e. The molecule has 1 aliphatic heterocycles. The van der Waals surface area contributed by atoms with E-state index in [0.717, 1.165) is 11.1 Å². The van der Waals surface area contributed by atoms with Crippen molar-refractivity contribution in [1.29, 1.82) is 0 Å². The fourth-order valence-electron chi connectivity index (χ4n) is 5.09. The molecule has 3 nitrogen and oxygen atoms in total. The van der Waals surface area contributed by atoms with Gasteiger partial charge in [0, 0.05) is 24.0 Å². The first-order valence-corrected chi connectivity index (χ1v) is 11.7. The SMILES string of the molecule is CC1=C[C@](C)(C(F)(F)F)CC2=C1C(C)C(Cc1c(Cl)ccc(C(=O)N3CCOCC3)c1Cl)=C2. The number of morpholine rings is 1. The summed E-state index contributed by atoms with van der Waals surface area (Å²) in [6, 6.07) is 3.29. The molecule has 1 aromatic carbocycles. The molecule has 0 bridgehead atoms. The van der Waals surface area contributed by atoms with Crippen LogP contribution in [0, 0.1) is 11.3 Å². The van der Waals surface area contributed by atoms with E-state index in [1.165, 1.54) is 13.0 Å². The van der Waals surface area contributed by atoms with E-state index in [0.29, 0.717) is 65.0 Å². The summed E-state index contributed by atoms with van der Waals surface area (Å²) in [6.45, 7) is 6.93. The first-order chi connectivity index (χ1) is 15.4. The van der Waals surface area contributed by atoms with Gasteiger partial charge >= 0.3 is 6.18 Å². The predicted molar refractivity (Wildman–Crippen MR) is 124 cm³/mol. The average Bonchev–Trinajstić information content (AvgIpc) is 3.05. The minimum Gasteiger partial charge on any atom is -0.378 e. The lowest BCUT2D eigenvalue weighted by molar-refractivity contribution is -0.199. The highest BCUT2D eigenvalue weighted by molar-refractivity contribution is 6.38. The third-order valence-electron chi connectivity index (χ3n) is 6.96. The summed E-state index contributed by atoms with van der Waals surface area (Å²) < 4.78 is 46.4. The first kappa shape index (κ1) is 24.4. The molecule has 1 aromatic rings. The van der Waals surface area contributed by atoms with Gasteiger partial charge in [0.2, 0.25) is 0 Å². The van der Waals surface area contributed by atoms with Crippen molar-refractivity contribution in [3.05, 3.63) is 67.7 Å². The number of halogens is 5. The molecule has 3 aliphatic rings. The molecule has 1 unspecified atom stereocenters. The number of allylic oxidation sites excluding steroid dienone is 6. The maximum absolute atomic E-state index is 13.7. The van der Waals surface area contributed by atoms with Crippen LogP contribution in [0.3, 0.4) is 0 Å². The van der Waals surface area contributed by atoms with Crippen molar-refractivity contribution < 1.29 is 22.7 Å². The van der Waals surface area contributed by atoms with Crippen LogP contribution in [0.25, 0.3) is 0 Å². The zero-order valence-electron chi connectivity index (χ0n) is 18.8. The summed E-state index contributed by atoms with van der Waals surface area (Å²) in [5.74, 6) is -0.230. The number of benzene rings is 1. The molecule has 0 aromatic heterocycles. The Labute approximate surface area is 201 Å². The van der Waals surface area contributed by atoms with Crippen LogP contribution in [0.15, 0.2) is 46.6 Å². The normalized spacial score (nSPS) is 25.7. The Morgan fingerprint density at radius 1 is 1.24 bits per heavy atom. The van der Waals surface area contributed by atoms with Gasteiger partial charge in [0.05, 0.1) is 29.2 Å². The van der Waals surface area contributed by atoms with Gasteiger partial charge in [-0.05, 0) is 55.5 Å². The molecule has 1 heterocycles. The standard InChI is InChI=1S/C25H26Cl2F3NO2/c1-14-12-24(3,25(28,29)30)13-17-10-16(15(2)21(14)17)11-19-20(26)5-4-18(22(19)27)23(32)31-6-8-33-9-7-31/h4-5,10,12,15H,6-9,11,13H2,1-3H3/t15?,24-/m0/s1. The van der Waals surface area contributed by atoms with Crippen LogP contribution < -0.4 is 0 Å². The first-order valence-electron chi connectivity index (χ1n) is 11.0. The van der Waals surface area contributed by atoms with Crippen molar-refractivity contribution in [2.24, 2.45) is 11.3 Å². The maximum atomic E-state index is 13.7. The molecule has 33 heavy (non-hydrogen) atoms. The minimum absolute atomic E-state index is 0.0558. The third-order valence-corrected chi connectivity index (χ3v) is 7.74. The molecule has 1 saturated heterocycles. The Kier molecular flexibility index (Phi) is 6.49. The van der Waals surface area contributed by atoms with E-state index in [2.05, 4.69) is 0 Å². The molecule has 2 aliphatic carbocycles. The van der Waals surface area contributed by atoms with Crippen molar-refractivity contribution in [2.45, 2.75) is 39.8 Å². The van der Waals surface area contributed by atoms with Gasteiger partial charge in [-0.15, -0.1) is 0 Å².